The zero-order valence-corrected chi connectivity index (χ0v) is 13.3. The van der Waals surface area contributed by atoms with E-state index in [2.05, 4.69) is 4.98 Å². The molecule has 1 aromatic heterocycles. The maximum Gasteiger partial charge on any atom is 0.342 e. The molecular formula is C14H14ClN3O6. The van der Waals surface area contributed by atoms with Crippen LogP contribution in [0, 0.1) is 17.0 Å². The van der Waals surface area contributed by atoms with Gasteiger partial charge in [0, 0.05) is 11.9 Å². The van der Waals surface area contributed by atoms with Crippen molar-refractivity contribution in [3.05, 3.63) is 50.9 Å². The minimum absolute atomic E-state index is 0.00547. The van der Waals surface area contributed by atoms with Gasteiger partial charge < -0.3 is 25.1 Å². The van der Waals surface area contributed by atoms with E-state index >= 15 is 0 Å². The van der Waals surface area contributed by atoms with Gasteiger partial charge in [-0.05, 0) is 23.1 Å². The second-order valence-electron chi connectivity index (χ2n) is 4.94. The fraction of sp³-hybridized carbons (Fsp3) is 0.286. The minimum Gasteiger partial charge on any atom is -0.490 e. The van der Waals surface area contributed by atoms with Gasteiger partial charge in [-0.3, -0.25) is 0 Å². The van der Waals surface area contributed by atoms with Crippen molar-refractivity contribution in [2.45, 2.75) is 19.6 Å². The summed E-state index contributed by atoms with van der Waals surface area (Å²) in [6.07, 6.45) is -0.0141. The highest BCUT2D eigenvalue weighted by atomic mass is 35.5. The lowest BCUT2D eigenvalue weighted by atomic mass is 10.2. The molecule has 0 amide bonds. The number of nitro groups is 1. The van der Waals surface area contributed by atoms with Crippen molar-refractivity contribution in [3.63, 3.8) is 0 Å². The quantitative estimate of drug-likeness (QED) is 0.573. The average molecular weight is 356 g/mol. The molecule has 1 atom stereocenters. The Morgan fingerprint density at radius 3 is 2.88 bits per heavy atom. The Kier molecular flexibility index (Phi) is 5.37. The lowest BCUT2D eigenvalue weighted by Crippen LogP contribution is -2.25. The maximum absolute atomic E-state index is 11.1. The number of carboxylic acid groups (broad SMARTS) is 1. The summed E-state index contributed by atoms with van der Waals surface area (Å²) in [6, 6.07) is 4.02. The SMILES string of the molecule is Cc1ncc([N+](=O)[O-])n1CC(O)COc1cc(Cl)ccc1C(=O)O. The monoisotopic (exact) mass is 355 g/mol. The Balaban J connectivity index is 2.08. The van der Waals surface area contributed by atoms with Crippen molar-refractivity contribution in [1.82, 2.24) is 9.55 Å². The van der Waals surface area contributed by atoms with Crippen molar-refractivity contribution in [2.24, 2.45) is 0 Å². The molecule has 0 bridgehead atoms. The number of ether oxygens (including phenoxy) is 1. The molecule has 0 saturated heterocycles. The zero-order chi connectivity index (χ0) is 17.9. The number of halogens is 1. The van der Waals surface area contributed by atoms with E-state index in [4.69, 9.17) is 21.4 Å². The van der Waals surface area contributed by atoms with Crippen molar-refractivity contribution < 1.29 is 24.7 Å². The number of carboxylic acids is 1. The first kappa shape index (κ1) is 17.7. The molecule has 0 radical (unpaired) electrons. The third-order valence-electron chi connectivity index (χ3n) is 3.22. The first-order chi connectivity index (χ1) is 11.3. The fourth-order valence-electron chi connectivity index (χ4n) is 2.07. The Hall–Kier alpha value is -2.65. The first-order valence-corrected chi connectivity index (χ1v) is 7.17. The number of benzene rings is 1. The summed E-state index contributed by atoms with van der Waals surface area (Å²) in [5.41, 5.74) is -0.101. The summed E-state index contributed by atoms with van der Waals surface area (Å²) < 4.78 is 6.55. The van der Waals surface area contributed by atoms with Crippen molar-refractivity contribution in [1.29, 1.82) is 0 Å². The van der Waals surface area contributed by atoms with E-state index in [1.165, 1.54) is 22.8 Å². The second-order valence-corrected chi connectivity index (χ2v) is 5.38. The van der Waals surface area contributed by atoms with Crippen LogP contribution in [-0.4, -0.2) is 43.4 Å². The van der Waals surface area contributed by atoms with Gasteiger partial charge in [0.2, 0.25) is 0 Å². The smallest absolute Gasteiger partial charge is 0.342 e. The Bertz CT molecular complexity index is 776. The molecule has 10 heteroatoms. The molecule has 0 aliphatic carbocycles. The number of aromatic carboxylic acids is 1. The number of rotatable bonds is 7. The van der Waals surface area contributed by atoms with Crippen LogP contribution < -0.4 is 4.74 Å². The van der Waals surface area contributed by atoms with Gasteiger partial charge in [0.15, 0.2) is 5.82 Å². The lowest BCUT2D eigenvalue weighted by molar-refractivity contribution is -0.392. The van der Waals surface area contributed by atoms with Crippen LogP contribution in [0.15, 0.2) is 24.4 Å². The van der Waals surface area contributed by atoms with E-state index in [0.717, 1.165) is 6.20 Å². The van der Waals surface area contributed by atoms with Crippen LogP contribution in [0.3, 0.4) is 0 Å². The predicted octanol–water partition coefficient (Wildman–Crippen LogP) is 1.89. The minimum atomic E-state index is -1.20. The van der Waals surface area contributed by atoms with Gasteiger partial charge >= 0.3 is 11.8 Å². The molecule has 9 nitrogen and oxygen atoms in total. The number of nitrogens with zero attached hydrogens (tertiary/aromatic N) is 3. The summed E-state index contributed by atoms with van der Waals surface area (Å²) in [4.78, 5) is 25.3. The molecule has 0 saturated carbocycles. The Labute approximate surface area is 141 Å². The fourth-order valence-corrected chi connectivity index (χ4v) is 2.23. The molecule has 2 rings (SSSR count). The summed E-state index contributed by atoms with van der Waals surface area (Å²) in [5.74, 6) is -1.07. The number of aryl methyl sites for hydroxylation is 1. The van der Waals surface area contributed by atoms with Crippen LogP contribution in [0.2, 0.25) is 5.02 Å². The van der Waals surface area contributed by atoms with Crippen LogP contribution in [0.5, 0.6) is 5.75 Å². The molecule has 1 heterocycles. The van der Waals surface area contributed by atoms with Gasteiger partial charge in [0.05, 0.1) is 0 Å². The van der Waals surface area contributed by atoms with E-state index in [1.807, 2.05) is 0 Å². The van der Waals surface area contributed by atoms with Gasteiger partial charge in [-0.2, -0.15) is 0 Å². The van der Waals surface area contributed by atoms with E-state index in [9.17, 15) is 20.0 Å². The van der Waals surface area contributed by atoms with Crippen LogP contribution in [0.1, 0.15) is 16.2 Å². The third kappa shape index (κ3) is 4.00. The topological polar surface area (TPSA) is 128 Å². The van der Waals surface area contributed by atoms with Crippen molar-refractivity contribution in [3.8, 4) is 5.75 Å². The molecule has 2 N–H and O–H groups in total. The molecule has 1 unspecified atom stereocenters. The average Bonchev–Trinajstić information content (AvgIpc) is 2.86. The molecule has 24 heavy (non-hydrogen) atoms. The molecule has 0 aliphatic rings. The van der Waals surface area contributed by atoms with E-state index in [-0.39, 0.29) is 35.3 Å². The van der Waals surface area contributed by atoms with Crippen LogP contribution >= 0.6 is 11.6 Å². The third-order valence-corrected chi connectivity index (χ3v) is 3.45. The number of aliphatic hydroxyl groups is 1. The number of carbonyl (C=O) groups is 1. The first-order valence-electron chi connectivity index (χ1n) is 6.79. The number of aliphatic hydroxyl groups excluding tert-OH is 1. The summed E-state index contributed by atoms with van der Waals surface area (Å²) in [5, 5.41) is 30.3. The molecule has 0 spiro atoms. The molecule has 2 aromatic rings. The highest BCUT2D eigenvalue weighted by Crippen LogP contribution is 2.24. The van der Waals surface area contributed by atoms with Gasteiger partial charge in [-0.1, -0.05) is 11.6 Å². The summed E-state index contributed by atoms with van der Waals surface area (Å²) >= 11 is 5.81. The lowest BCUT2D eigenvalue weighted by Gasteiger charge is -2.13. The van der Waals surface area contributed by atoms with Crippen LogP contribution in [-0.2, 0) is 6.54 Å². The highest BCUT2D eigenvalue weighted by molar-refractivity contribution is 6.30. The molecule has 128 valence electrons. The predicted molar refractivity (Wildman–Crippen MR) is 83.5 cm³/mol. The molecule has 0 aliphatic heterocycles. The van der Waals surface area contributed by atoms with Crippen molar-refractivity contribution in [2.75, 3.05) is 6.61 Å². The standard InChI is InChI=1S/C14H14ClN3O6/c1-8-16-5-13(18(22)23)17(8)6-10(19)7-24-12-4-9(15)2-3-11(12)14(20)21/h2-5,10,19H,6-7H2,1H3,(H,20,21). The van der Waals surface area contributed by atoms with Crippen LogP contribution in [0.4, 0.5) is 5.82 Å². The van der Waals surface area contributed by atoms with Crippen LogP contribution in [0.25, 0.3) is 0 Å². The van der Waals surface area contributed by atoms with E-state index < -0.39 is 17.0 Å². The molecular weight excluding hydrogens is 342 g/mol. The number of hydrogen-bond acceptors (Lipinski definition) is 6. The Morgan fingerprint density at radius 2 is 2.25 bits per heavy atom. The Morgan fingerprint density at radius 1 is 1.54 bits per heavy atom. The van der Waals surface area contributed by atoms with Crippen molar-refractivity contribution >= 4 is 23.4 Å². The second kappa shape index (κ2) is 7.28. The molecule has 0 fully saturated rings. The van der Waals surface area contributed by atoms with Gasteiger partial charge in [0.1, 0.15) is 36.8 Å². The number of imidazole rings is 1. The maximum atomic E-state index is 11.1. The number of aromatic nitrogens is 2. The van der Waals surface area contributed by atoms with Gasteiger partial charge in [0.25, 0.3) is 0 Å². The normalized spacial score (nSPS) is 12.0. The van der Waals surface area contributed by atoms with Gasteiger partial charge in [-0.15, -0.1) is 0 Å². The summed E-state index contributed by atoms with van der Waals surface area (Å²) in [7, 11) is 0. The number of hydrogen-bond donors (Lipinski definition) is 2. The van der Waals surface area contributed by atoms with Gasteiger partial charge in [-0.25, -0.2) is 14.3 Å². The largest absolute Gasteiger partial charge is 0.490 e. The highest BCUT2D eigenvalue weighted by Gasteiger charge is 2.21. The molecule has 1 aromatic carbocycles. The zero-order valence-electron chi connectivity index (χ0n) is 12.5. The van der Waals surface area contributed by atoms with E-state index in [1.54, 1.807) is 6.92 Å². The van der Waals surface area contributed by atoms with E-state index in [0.29, 0.717) is 5.82 Å². The summed E-state index contributed by atoms with van der Waals surface area (Å²) in [6.45, 7) is 1.18.